The summed E-state index contributed by atoms with van der Waals surface area (Å²) in [6.07, 6.45) is 5.55. The van der Waals surface area contributed by atoms with Crippen molar-refractivity contribution < 1.29 is 55.6 Å². The van der Waals surface area contributed by atoms with Crippen LogP contribution in [0, 0.1) is 20.2 Å². The van der Waals surface area contributed by atoms with Crippen molar-refractivity contribution in [3.8, 4) is 0 Å². The van der Waals surface area contributed by atoms with Crippen molar-refractivity contribution in [2.75, 3.05) is 50.2 Å². The van der Waals surface area contributed by atoms with Gasteiger partial charge in [0.15, 0.2) is 0 Å². The van der Waals surface area contributed by atoms with Gasteiger partial charge in [0.2, 0.25) is 0 Å². The Balaban J connectivity index is 0.00000702. The SMILES string of the molecule is Cn1cc(NC(=O)c2cc([N+](=O)[O-])cn2C)cc1C(=O)NCCOCCOCCNC(=O)c1cc(NC(=O)c2cc([N+](=O)[O-])cn2C)cn1C.[Cu+2]. The van der Waals surface area contributed by atoms with Crippen LogP contribution in [0.3, 0.4) is 0 Å². The summed E-state index contributed by atoms with van der Waals surface area (Å²) in [6.45, 7) is 1.32. The Morgan fingerprint density at radius 1 is 0.569 bits per heavy atom. The number of hydrogen-bond donors (Lipinski definition) is 4. The first-order valence-corrected chi connectivity index (χ1v) is 15.0. The fourth-order valence-corrected chi connectivity index (χ4v) is 4.83. The third kappa shape index (κ3) is 10.4. The molecular formula is C30H36CuN10O10+2. The number of rotatable bonds is 17. The maximum atomic E-state index is 12.6. The van der Waals surface area contributed by atoms with Crippen molar-refractivity contribution in [2.45, 2.75) is 0 Å². The van der Waals surface area contributed by atoms with E-state index in [9.17, 15) is 39.4 Å². The van der Waals surface area contributed by atoms with E-state index in [1.165, 1.54) is 56.9 Å². The minimum absolute atomic E-state index is 0. The quantitative estimate of drug-likeness (QED) is 0.0524. The predicted octanol–water partition coefficient (Wildman–Crippen LogP) is 1.55. The summed E-state index contributed by atoms with van der Waals surface area (Å²) in [4.78, 5) is 71.1. The molecule has 0 aliphatic heterocycles. The monoisotopic (exact) mass is 759 g/mol. The van der Waals surface area contributed by atoms with Gasteiger partial charge in [-0.05, 0) is 12.1 Å². The van der Waals surface area contributed by atoms with Crippen LogP contribution < -0.4 is 21.3 Å². The van der Waals surface area contributed by atoms with E-state index in [1.807, 2.05) is 0 Å². The van der Waals surface area contributed by atoms with E-state index in [0.29, 0.717) is 11.4 Å². The normalized spacial score (nSPS) is 10.7. The molecule has 1 radical (unpaired) electrons. The van der Waals surface area contributed by atoms with Crippen LogP contribution in [-0.4, -0.2) is 91.3 Å². The fraction of sp³-hybridized carbons (Fsp3) is 0.333. The van der Waals surface area contributed by atoms with Crippen LogP contribution in [-0.2, 0) is 54.7 Å². The maximum absolute atomic E-state index is 12.6. The average Bonchev–Trinajstić information content (AvgIpc) is 3.83. The number of nitrogens with one attached hydrogen (secondary N) is 4. The molecule has 0 fully saturated rings. The number of nitrogens with zero attached hydrogens (tertiary/aromatic N) is 6. The zero-order valence-electron chi connectivity index (χ0n) is 27.9. The largest absolute Gasteiger partial charge is 2.00 e. The second-order valence-electron chi connectivity index (χ2n) is 11.0. The van der Waals surface area contributed by atoms with Gasteiger partial charge in [0.25, 0.3) is 35.0 Å². The van der Waals surface area contributed by atoms with Gasteiger partial charge in [0.05, 0.1) is 60.0 Å². The van der Waals surface area contributed by atoms with Gasteiger partial charge in [-0.25, -0.2) is 0 Å². The molecular weight excluding hydrogens is 724 g/mol. The molecule has 4 aromatic rings. The van der Waals surface area contributed by atoms with Crippen molar-refractivity contribution in [2.24, 2.45) is 28.2 Å². The third-order valence-corrected chi connectivity index (χ3v) is 7.29. The number of anilines is 2. The van der Waals surface area contributed by atoms with E-state index in [-0.39, 0.29) is 90.7 Å². The first kappa shape index (κ1) is 39.7. The Kier molecular flexibility index (Phi) is 13.8. The molecule has 21 heteroatoms. The van der Waals surface area contributed by atoms with E-state index in [1.54, 1.807) is 26.5 Å². The summed E-state index contributed by atoms with van der Waals surface area (Å²) in [5.74, 6) is -1.92. The van der Waals surface area contributed by atoms with E-state index in [4.69, 9.17) is 9.47 Å². The number of aryl methyl sites for hydroxylation is 4. The molecule has 0 saturated carbocycles. The molecule has 51 heavy (non-hydrogen) atoms. The first-order chi connectivity index (χ1) is 23.7. The number of aromatic nitrogens is 4. The molecule has 0 aliphatic rings. The molecule has 20 nitrogen and oxygen atoms in total. The molecule has 275 valence electrons. The van der Waals surface area contributed by atoms with Gasteiger partial charge < -0.3 is 49.0 Å². The number of nitro groups is 2. The van der Waals surface area contributed by atoms with E-state index >= 15 is 0 Å². The Hall–Kier alpha value is -5.76. The van der Waals surface area contributed by atoms with Crippen LogP contribution in [0.5, 0.6) is 0 Å². The molecule has 4 N–H and O–H groups in total. The van der Waals surface area contributed by atoms with Crippen LogP contribution >= 0.6 is 0 Å². The molecule has 0 aliphatic carbocycles. The second-order valence-corrected chi connectivity index (χ2v) is 11.0. The first-order valence-electron chi connectivity index (χ1n) is 15.0. The maximum Gasteiger partial charge on any atom is 2.00 e. The molecule has 0 bridgehead atoms. The molecule has 4 amide bonds. The number of amides is 4. The standard InChI is InChI=1S/C30H36N10O10.Cu/c1-35-15-19(33-29(43)25-13-21(39(45)46)17-37(25)3)11-23(35)27(41)31-5-7-49-9-10-50-8-6-32-28(42)24-12-20(16-36(24)2)34-30(44)26-14-22(40(47)48)18-38(26)4;/h11-18H,5-10H2,1-4H3,(H,31,41)(H,32,42)(H,33,43)(H,34,44);/q;+2. The number of carbonyl (C=O) groups excluding carboxylic acids is 4. The third-order valence-electron chi connectivity index (χ3n) is 7.29. The van der Waals surface area contributed by atoms with Crippen LogP contribution in [0.25, 0.3) is 0 Å². The molecule has 0 spiro atoms. The molecule has 0 unspecified atom stereocenters. The van der Waals surface area contributed by atoms with Crippen molar-refractivity contribution in [3.63, 3.8) is 0 Å². The fourth-order valence-electron chi connectivity index (χ4n) is 4.83. The minimum Gasteiger partial charge on any atom is -0.377 e. The Bertz CT molecular complexity index is 1790. The number of carbonyl (C=O) groups is 4. The van der Waals surface area contributed by atoms with Gasteiger partial charge in [-0.3, -0.25) is 39.4 Å². The van der Waals surface area contributed by atoms with E-state index in [2.05, 4.69) is 21.3 Å². The van der Waals surface area contributed by atoms with Gasteiger partial charge in [0, 0.05) is 65.8 Å². The Morgan fingerprint density at radius 3 is 1.24 bits per heavy atom. The summed E-state index contributed by atoms with van der Waals surface area (Å²) in [6, 6.07) is 5.29. The zero-order chi connectivity index (χ0) is 36.5. The molecule has 0 atom stereocenters. The zero-order valence-corrected chi connectivity index (χ0v) is 28.9. The summed E-state index contributed by atoms with van der Waals surface area (Å²) in [7, 11) is 6.30. The van der Waals surface area contributed by atoms with E-state index in [0.717, 1.165) is 12.1 Å². The van der Waals surface area contributed by atoms with Crippen molar-refractivity contribution in [3.05, 3.63) is 92.1 Å². The average molecular weight is 760 g/mol. The van der Waals surface area contributed by atoms with Gasteiger partial charge in [-0.1, -0.05) is 0 Å². The van der Waals surface area contributed by atoms with Crippen molar-refractivity contribution >= 4 is 46.4 Å². The van der Waals surface area contributed by atoms with E-state index < -0.39 is 33.5 Å². The van der Waals surface area contributed by atoms with Crippen molar-refractivity contribution in [1.29, 1.82) is 0 Å². The van der Waals surface area contributed by atoms with Crippen LogP contribution in [0.2, 0.25) is 0 Å². The Morgan fingerprint density at radius 2 is 0.902 bits per heavy atom. The van der Waals surface area contributed by atoms with Gasteiger partial charge in [-0.15, -0.1) is 0 Å². The van der Waals surface area contributed by atoms with Crippen molar-refractivity contribution in [1.82, 2.24) is 28.9 Å². The molecule has 4 heterocycles. The topological polar surface area (TPSA) is 241 Å². The number of hydrogen-bond acceptors (Lipinski definition) is 10. The van der Waals surface area contributed by atoms with Gasteiger partial charge in [-0.2, -0.15) is 0 Å². The summed E-state index contributed by atoms with van der Waals surface area (Å²) < 4.78 is 16.7. The van der Waals surface area contributed by atoms with Crippen LogP contribution in [0.15, 0.2) is 49.1 Å². The Labute approximate surface area is 300 Å². The summed E-state index contributed by atoms with van der Waals surface area (Å²) in [5.41, 5.74) is 0.995. The minimum atomic E-state index is -0.592. The van der Waals surface area contributed by atoms with Crippen LogP contribution in [0.4, 0.5) is 22.7 Å². The predicted molar refractivity (Wildman–Crippen MR) is 177 cm³/mol. The van der Waals surface area contributed by atoms with Crippen LogP contribution in [0.1, 0.15) is 42.0 Å². The van der Waals surface area contributed by atoms with Gasteiger partial charge >= 0.3 is 17.1 Å². The summed E-state index contributed by atoms with van der Waals surface area (Å²) in [5, 5.41) is 32.6. The second kappa shape index (κ2) is 17.8. The van der Waals surface area contributed by atoms with Gasteiger partial charge in [0.1, 0.15) is 22.8 Å². The molecule has 4 rings (SSSR count). The molecule has 0 aromatic carbocycles. The molecule has 0 saturated heterocycles. The number of ether oxygens (including phenoxy) is 2. The molecule has 4 aromatic heterocycles. The smallest absolute Gasteiger partial charge is 0.377 e. The summed E-state index contributed by atoms with van der Waals surface area (Å²) >= 11 is 0.